The minimum atomic E-state index is -0.463. The molecule has 0 saturated carbocycles. The lowest BCUT2D eigenvalue weighted by molar-refractivity contribution is -0.123. The lowest BCUT2D eigenvalue weighted by atomic mass is 10.2. The van der Waals surface area contributed by atoms with Gasteiger partial charge >= 0.3 is 0 Å². The van der Waals surface area contributed by atoms with Gasteiger partial charge in [-0.3, -0.25) is 19.2 Å². The van der Waals surface area contributed by atoms with Gasteiger partial charge in [0.1, 0.15) is 43.5 Å². The topological polar surface area (TPSA) is 125 Å². The molecule has 0 radical (unpaired) electrons. The Balaban J connectivity index is 0.000000181. The zero-order valence-corrected chi connectivity index (χ0v) is 27.5. The maximum atomic E-state index is 13.4. The standard InChI is InChI=1S/2C15H13ClFN3O2S/c2*1-20(11-2-3-18-13(11)21)15(22)12-7-19-14(23-12)8-4-9(16)6-10(17)5-8/h2*4-7,11H,2-3H2,1H3,(H,18,21)/t2*11-/m10/s1. The molecule has 2 aromatic carbocycles. The Morgan fingerprint density at radius 2 is 1.13 bits per heavy atom. The fourth-order valence-electron chi connectivity index (χ4n) is 4.90. The molecule has 2 aliphatic rings. The van der Waals surface area contributed by atoms with Gasteiger partial charge in [0.15, 0.2) is 0 Å². The van der Waals surface area contributed by atoms with Gasteiger partial charge in [-0.1, -0.05) is 23.2 Å². The van der Waals surface area contributed by atoms with Crippen LogP contribution in [0.4, 0.5) is 8.78 Å². The van der Waals surface area contributed by atoms with Crippen molar-refractivity contribution in [3.63, 3.8) is 0 Å². The SMILES string of the molecule is CN(C(=O)c1cnc(-c2cc(F)cc(Cl)c2)s1)[C@@H]1CCNC1=O.CN(C(=O)c1cnc(-c2cc(F)cc(Cl)c2)s1)[C@H]1CCNC1=O. The second kappa shape index (κ2) is 14.2. The van der Waals surface area contributed by atoms with Crippen molar-refractivity contribution in [2.75, 3.05) is 27.2 Å². The van der Waals surface area contributed by atoms with Crippen LogP contribution in [0.15, 0.2) is 48.8 Å². The van der Waals surface area contributed by atoms with Crippen LogP contribution >= 0.6 is 45.9 Å². The lowest BCUT2D eigenvalue weighted by Crippen LogP contribution is -2.41. The van der Waals surface area contributed by atoms with Gasteiger partial charge in [0.05, 0.1) is 12.4 Å². The minimum Gasteiger partial charge on any atom is -0.354 e. The van der Waals surface area contributed by atoms with Crippen LogP contribution in [0.3, 0.4) is 0 Å². The van der Waals surface area contributed by atoms with Gasteiger partial charge in [-0.25, -0.2) is 18.7 Å². The van der Waals surface area contributed by atoms with Crippen LogP contribution in [0.25, 0.3) is 21.1 Å². The van der Waals surface area contributed by atoms with E-state index in [1.807, 2.05) is 0 Å². The monoisotopic (exact) mass is 706 g/mol. The zero-order valence-electron chi connectivity index (χ0n) is 24.4. The predicted octanol–water partition coefficient (Wildman–Crippen LogP) is 5.13. The highest BCUT2D eigenvalue weighted by Gasteiger charge is 2.33. The van der Waals surface area contributed by atoms with Crippen molar-refractivity contribution >= 4 is 69.5 Å². The van der Waals surface area contributed by atoms with E-state index in [9.17, 15) is 28.0 Å². The summed E-state index contributed by atoms with van der Waals surface area (Å²) in [4.78, 5) is 60.2. The van der Waals surface area contributed by atoms with E-state index in [2.05, 4.69) is 20.6 Å². The van der Waals surface area contributed by atoms with Gasteiger partial charge in [0.25, 0.3) is 11.8 Å². The van der Waals surface area contributed by atoms with Crippen LogP contribution in [0.5, 0.6) is 0 Å². The fourth-order valence-corrected chi connectivity index (χ4v) is 7.12. The molecule has 240 valence electrons. The van der Waals surface area contributed by atoms with E-state index in [0.29, 0.717) is 56.8 Å². The molecular weight excluding hydrogens is 681 g/mol. The summed E-state index contributed by atoms with van der Waals surface area (Å²) in [5.74, 6) is -1.78. The Morgan fingerprint density at radius 1 is 0.739 bits per heavy atom. The van der Waals surface area contributed by atoms with E-state index < -0.39 is 23.7 Å². The van der Waals surface area contributed by atoms with Gasteiger partial charge in [-0.2, -0.15) is 0 Å². The average molecular weight is 708 g/mol. The molecular formula is C30H26Cl2F2N6O4S2. The molecule has 0 unspecified atom stereocenters. The van der Waals surface area contributed by atoms with E-state index >= 15 is 0 Å². The number of likely N-dealkylation sites (N-methyl/N-ethyl adjacent to an activating group) is 2. The van der Waals surface area contributed by atoms with Crippen LogP contribution in [0.2, 0.25) is 10.0 Å². The molecule has 2 aliphatic heterocycles. The van der Waals surface area contributed by atoms with Crippen molar-refractivity contribution in [2.45, 2.75) is 24.9 Å². The largest absolute Gasteiger partial charge is 0.354 e. The first kappa shape index (κ1) is 33.4. The van der Waals surface area contributed by atoms with E-state index in [1.54, 1.807) is 26.2 Å². The molecule has 2 atom stereocenters. The second-order valence-electron chi connectivity index (χ2n) is 10.4. The number of nitrogens with zero attached hydrogens (tertiary/aromatic N) is 4. The Bertz CT molecular complexity index is 1650. The summed E-state index contributed by atoms with van der Waals surface area (Å²) in [6, 6.07) is 7.29. The van der Waals surface area contributed by atoms with Gasteiger partial charge in [-0.15, -0.1) is 22.7 Å². The van der Waals surface area contributed by atoms with Crippen molar-refractivity contribution in [1.82, 2.24) is 30.4 Å². The second-order valence-corrected chi connectivity index (χ2v) is 13.3. The molecule has 2 saturated heterocycles. The number of hydrogen-bond acceptors (Lipinski definition) is 8. The number of aromatic nitrogens is 2. The lowest BCUT2D eigenvalue weighted by Gasteiger charge is -2.21. The van der Waals surface area contributed by atoms with Crippen LogP contribution < -0.4 is 10.6 Å². The highest BCUT2D eigenvalue weighted by atomic mass is 35.5. The Morgan fingerprint density at radius 3 is 1.46 bits per heavy atom. The van der Waals surface area contributed by atoms with Crippen LogP contribution in [0, 0.1) is 11.6 Å². The summed E-state index contributed by atoms with van der Waals surface area (Å²) >= 11 is 14.0. The first-order valence-corrected chi connectivity index (χ1v) is 16.2. The van der Waals surface area contributed by atoms with Crippen molar-refractivity contribution in [3.8, 4) is 21.1 Å². The summed E-state index contributed by atoms with van der Waals surface area (Å²) in [6.07, 6.45) is 4.05. The zero-order chi connectivity index (χ0) is 33.1. The van der Waals surface area contributed by atoms with Gasteiger partial charge in [0, 0.05) is 48.4 Å². The number of carbonyl (C=O) groups is 4. The summed E-state index contributed by atoms with van der Waals surface area (Å²) in [6.45, 7) is 1.13. The maximum absolute atomic E-state index is 13.4. The van der Waals surface area contributed by atoms with Crippen LogP contribution in [0.1, 0.15) is 32.2 Å². The Labute approximate surface area is 280 Å². The van der Waals surface area contributed by atoms with Crippen molar-refractivity contribution < 1.29 is 28.0 Å². The van der Waals surface area contributed by atoms with Gasteiger partial charge < -0.3 is 20.4 Å². The third kappa shape index (κ3) is 7.52. The van der Waals surface area contributed by atoms with Gasteiger partial charge in [0.2, 0.25) is 11.8 Å². The minimum absolute atomic E-state index is 0.150. The van der Waals surface area contributed by atoms with E-state index in [0.717, 1.165) is 22.7 Å². The summed E-state index contributed by atoms with van der Waals surface area (Å²) in [7, 11) is 3.19. The maximum Gasteiger partial charge on any atom is 0.266 e. The molecule has 4 heterocycles. The third-order valence-corrected chi connectivity index (χ3v) is 9.77. The number of benzene rings is 2. The van der Waals surface area contributed by atoms with Crippen LogP contribution in [-0.4, -0.2) is 82.7 Å². The summed E-state index contributed by atoms with van der Waals surface area (Å²) in [5, 5.41) is 6.93. The highest BCUT2D eigenvalue weighted by molar-refractivity contribution is 7.17. The third-order valence-electron chi connectivity index (χ3n) is 7.27. The molecule has 0 aliphatic carbocycles. The molecule has 6 rings (SSSR count). The summed E-state index contributed by atoms with van der Waals surface area (Å²) in [5.41, 5.74) is 1.03. The van der Waals surface area contributed by atoms with Crippen molar-refractivity contribution in [1.29, 1.82) is 0 Å². The summed E-state index contributed by atoms with van der Waals surface area (Å²) < 4.78 is 26.9. The quantitative estimate of drug-likeness (QED) is 0.287. The predicted molar refractivity (Wildman–Crippen MR) is 172 cm³/mol. The smallest absolute Gasteiger partial charge is 0.266 e. The Kier molecular flexibility index (Phi) is 10.3. The van der Waals surface area contributed by atoms with E-state index in [-0.39, 0.29) is 33.7 Å². The van der Waals surface area contributed by atoms with E-state index in [4.69, 9.17) is 23.2 Å². The average Bonchev–Trinajstić information content (AvgIpc) is 3.83. The molecule has 4 amide bonds. The van der Waals surface area contributed by atoms with Crippen molar-refractivity contribution in [3.05, 3.63) is 80.2 Å². The molecule has 2 fully saturated rings. The molecule has 46 heavy (non-hydrogen) atoms. The first-order chi connectivity index (χ1) is 21.9. The number of amides is 4. The number of nitrogens with one attached hydrogen (secondary N) is 2. The van der Waals surface area contributed by atoms with Crippen LogP contribution in [-0.2, 0) is 9.59 Å². The molecule has 16 heteroatoms. The highest BCUT2D eigenvalue weighted by Crippen LogP contribution is 2.30. The molecule has 0 bridgehead atoms. The Hall–Kier alpha value is -3.98. The fraction of sp³-hybridized carbons (Fsp3) is 0.267. The molecule has 0 spiro atoms. The molecule has 10 nitrogen and oxygen atoms in total. The molecule has 2 aromatic heterocycles. The number of rotatable bonds is 6. The first-order valence-electron chi connectivity index (χ1n) is 13.9. The van der Waals surface area contributed by atoms with Crippen molar-refractivity contribution in [2.24, 2.45) is 0 Å². The molecule has 2 N–H and O–H groups in total. The molecule has 4 aromatic rings. The normalized spacial score (nSPS) is 17.2. The van der Waals surface area contributed by atoms with Gasteiger partial charge in [-0.05, 0) is 49.2 Å². The number of hydrogen-bond donors (Lipinski definition) is 2. The number of carbonyl (C=O) groups excluding carboxylic acids is 4. The van der Waals surface area contributed by atoms with E-state index in [1.165, 1.54) is 46.5 Å². The number of halogens is 4. The number of thiazole rings is 2.